The van der Waals surface area contributed by atoms with Crippen LogP contribution in [0.1, 0.15) is 37.0 Å². The highest BCUT2D eigenvalue weighted by Gasteiger charge is 2.29. The molecule has 2 aromatic carbocycles. The molecule has 4 nitrogen and oxygen atoms in total. The van der Waals surface area contributed by atoms with Gasteiger partial charge in [0, 0.05) is 5.56 Å². The molecule has 1 aliphatic heterocycles. The molecular formula is C22H24N2O2. The fourth-order valence-electron chi connectivity index (χ4n) is 2.82. The number of rotatable bonds is 5. The summed E-state index contributed by atoms with van der Waals surface area (Å²) in [4.78, 5) is 12.9. The van der Waals surface area contributed by atoms with Gasteiger partial charge in [0.25, 0.3) is 5.91 Å². The second kappa shape index (κ2) is 7.56. The maximum atomic E-state index is 12.9. The van der Waals surface area contributed by atoms with Crippen LogP contribution in [0.25, 0.3) is 6.08 Å². The van der Waals surface area contributed by atoms with E-state index in [0.717, 1.165) is 29.0 Å². The Hall–Kier alpha value is -2.88. The first-order valence-electron chi connectivity index (χ1n) is 8.92. The Labute approximate surface area is 154 Å². The fourth-order valence-corrected chi connectivity index (χ4v) is 2.82. The molecule has 3 rings (SSSR count). The van der Waals surface area contributed by atoms with Crippen molar-refractivity contribution in [2.24, 2.45) is 5.10 Å². The second-order valence-electron chi connectivity index (χ2n) is 6.52. The van der Waals surface area contributed by atoms with Crippen LogP contribution in [0.4, 0.5) is 5.69 Å². The van der Waals surface area contributed by atoms with Crippen LogP contribution in [-0.2, 0) is 4.79 Å². The Kier molecular flexibility index (Phi) is 5.21. The van der Waals surface area contributed by atoms with E-state index in [-0.39, 0.29) is 5.91 Å². The predicted molar refractivity (Wildman–Crippen MR) is 107 cm³/mol. The summed E-state index contributed by atoms with van der Waals surface area (Å²) < 4.78 is 5.80. The van der Waals surface area contributed by atoms with Crippen molar-refractivity contribution in [1.82, 2.24) is 0 Å². The molecule has 1 aliphatic rings. The van der Waals surface area contributed by atoms with E-state index in [2.05, 4.69) is 18.9 Å². The van der Waals surface area contributed by atoms with Gasteiger partial charge in [-0.15, -0.1) is 0 Å². The highest BCUT2D eigenvalue weighted by Crippen LogP contribution is 2.28. The van der Waals surface area contributed by atoms with Crippen LogP contribution in [-0.4, -0.2) is 18.2 Å². The third kappa shape index (κ3) is 3.54. The molecule has 0 spiro atoms. The lowest BCUT2D eigenvalue weighted by molar-refractivity contribution is -0.114. The van der Waals surface area contributed by atoms with Crippen molar-refractivity contribution in [1.29, 1.82) is 0 Å². The Bertz CT molecular complexity index is 897. The van der Waals surface area contributed by atoms with E-state index < -0.39 is 0 Å². The molecule has 0 fully saturated rings. The number of para-hydroxylation sites is 1. The summed E-state index contributed by atoms with van der Waals surface area (Å²) in [6, 6.07) is 13.7. The smallest absolute Gasteiger partial charge is 0.280 e. The summed E-state index contributed by atoms with van der Waals surface area (Å²) in [5.41, 5.74) is 5.31. The Morgan fingerprint density at radius 2 is 1.85 bits per heavy atom. The summed E-state index contributed by atoms with van der Waals surface area (Å²) in [6.45, 7) is 8.67. The van der Waals surface area contributed by atoms with Gasteiger partial charge < -0.3 is 4.74 Å². The van der Waals surface area contributed by atoms with E-state index in [9.17, 15) is 4.79 Å². The molecule has 26 heavy (non-hydrogen) atoms. The van der Waals surface area contributed by atoms with E-state index in [1.54, 1.807) is 0 Å². The third-order valence-corrected chi connectivity index (χ3v) is 4.48. The van der Waals surface area contributed by atoms with Gasteiger partial charge in [-0.3, -0.25) is 4.79 Å². The zero-order chi connectivity index (χ0) is 18.7. The van der Waals surface area contributed by atoms with E-state index in [0.29, 0.717) is 17.9 Å². The van der Waals surface area contributed by atoms with E-state index >= 15 is 0 Å². The molecule has 0 unspecified atom stereocenters. The number of ether oxygens (including phenoxy) is 1. The Balaban J connectivity index is 1.93. The molecule has 0 N–H and O–H groups in total. The number of anilines is 1. The lowest BCUT2D eigenvalue weighted by atomic mass is 10.1. The van der Waals surface area contributed by atoms with Crippen molar-refractivity contribution in [3.63, 3.8) is 0 Å². The number of carbonyl (C=O) groups excluding carboxylic acids is 1. The minimum absolute atomic E-state index is 0.115. The van der Waals surface area contributed by atoms with E-state index in [1.807, 2.05) is 62.4 Å². The minimum Gasteiger partial charge on any atom is -0.493 e. The van der Waals surface area contributed by atoms with Gasteiger partial charge in [0.2, 0.25) is 0 Å². The molecule has 0 aliphatic carbocycles. The summed E-state index contributed by atoms with van der Waals surface area (Å²) in [5, 5.41) is 5.95. The van der Waals surface area contributed by atoms with Crippen molar-refractivity contribution < 1.29 is 9.53 Å². The summed E-state index contributed by atoms with van der Waals surface area (Å²) in [5.74, 6) is 0.670. The number of hydrogen-bond donors (Lipinski definition) is 0. The van der Waals surface area contributed by atoms with Crippen LogP contribution in [0, 0.1) is 13.8 Å². The lowest BCUT2D eigenvalue weighted by Crippen LogP contribution is -2.21. The number of aryl methyl sites for hydroxylation is 2. The molecule has 0 saturated heterocycles. The number of hydrazone groups is 1. The van der Waals surface area contributed by atoms with Gasteiger partial charge in [0.1, 0.15) is 5.75 Å². The predicted octanol–water partition coefficient (Wildman–Crippen LogP) is 4.90. The van der Waals surface area contributed by atoms with Crippen LogP contribution in [0.15, 0.2) is 53.1 Å². The Morgan fingerprint density at radius 3 is 2.58 bits per heavy atom. The van der Waals surface area contributed by atoms with Gasteiger partial charge in [-0.1, -0.05) is 31.2 Å². The van der Waals surface area contributed by atoms with Gasteiger partial charge in [0.05, 0.1) is 23.6 Å². The average Bonchev–Trinajstić information content (AvgIpc) is 2.91. The molecule has 0 saturated carbocycles. The van der Waals surface area contributed by atoms with Crippen molar-refractivity contribution in [2.75, 3.05) is 11.6 Å². The largest absolute Gasteiger partial charge is 0.493 e. The van der Waals surface area contributed by atoms with E-state index in [1.165, 1.54) is 10.6 Å². The van der Waals surface area contributed by atoms with Crippen molar-refractivity contribution in [3.05, 3.63) is 64.7 Å². The number of amides is 1. The average molecular weight is 348 g/mol. The first-order valence-corrected chi connectivity index (χ1v) is 8.92. The molecule has 0 bridgehead atoms. The molecule has 0 radical (unpaired) electrons. The van der Waals surface area contributed by atoms with Crippen LogP contribution in [0.2, 0.25) is 0 Å². The fraction of sp³-hybridized carbons (Fsp3) is 0.273. The van der Waals surface area contributed by atoms with Gasteiger partial charge >= 0.3 is 0 Å². The standard InChI is InChI=1S/C22H24N2O2/c1-5-12-26-21-9-7-6-8-18(21)14-20-17(4)23-24(22(20)25)19-11-10-15(2)16(3)13-19/h6-11,13-14H,5,12H2,1-4H3. The van der Waals surface area contributed by atoms with Crippen LogP contribution < -0.4 is 9.75 Å². The van der Waals surface area contributed by atoms with Gasteiger partial charge in [-0.2, -0.15) is 10.1 Å². The maximum absolute atomic E-state index is 12.9. The summed E-state index contributed by atoms with van der Waals surface area (Å²) in [7, 11) is 0. The van der Waals surface area contributed by atoms with Crippen molar-refractivity contribution >= 4 is 23.4 Å². The number of hydrogen-bond acceptors (Lipinski definition) is 3. The topological polar surface area (TPSA) is 41.9 Å². The SMILES string of the molecule is CCCOc1ccccc1C=C1C(=O)N(c2ccc(C)c(C)c2)N=C1C. The molecule has 2 aromatic rings. The van der Waals surface area contributed by atoms with Crippen LogP contribution in [0.5, 0.6) is 5.75 Å². The van der Waals surface area contributed by atoms with Gasteiger partial charge in [-0.05, 0) is 62.6 Å². The summed E-state index contributed by atoms with van der Waals surface area (Å²) in [6.07, 6.45) is 2.80. The number of benzene rings is 2. The monoisotopic (exact) mass is 348 g/mol. The zero-order valence-electron chi connectivity index (χ0n) is 15.7. The second-order valence-corrected chi connectivity index (χ2v) is 6.52. The van der Waals surface area contributed by atoms with E-state index in [4.69, 9.17) is 4.74 Å². The van der Waals surface area contributed by atoms with Crippen molar-refractivity contribution in [2.45, 2.75) is 34.1 Å². The summed E-state index contributed by atoms with van der Waals surface area (Å²) >= 11 is 0. The molecule has 134 valence electrons. The molecule has 0 aromatic heterocycles. The quantitative estimate of drug-likeness (QED) is 0.721. The molecular weight excluding hydrogens is 324 g/mol. The molecule has 1 amide bonds. The molecule has 4 heteroatoms. The third-order valence-electron chi connectivity index (χ3n) is 4.48. The first kappa shape index (κ1) is 17.9. The number of carbonyl (C=O) groups is 1. The van der Waals surface area contributed by atoms with Crippen LogP contribution >= 0.6 is 0 Å². The normalized spacial score (nSPS) is 15.5. The molecule has 1 heterocycles. The van der Waals surface area contributed by atoms with Crippen molar-refractivity contribution in [3.8, 4) is 5.75 Å². The lowest BCUT2D eigenvalue weighted by Gasteiger charge is -2.13. The highest BCUT2D eigenvalue weighted by atomic mass is 16.5. The molecule has 0 atom stereocenters. The zero-order valence-corrected chi connectivity index (χ0v) is 15.7. The van der Waals surface area contributed by atoms with Crippen LogP contribution in [0.3, 0.4) is 0 Å². The Morgan fingerprint density at radius 1 is 1.08 bits per heavy atom. The minimum atomic E-state index is -0.115. The highest BCUT2D eigenvalue weighted by molar-refractivity contribution is 6.32. The van der Waals surface area contributed by atoms with Gasteiger partial charge in [-0.25, -0.2) is 0 Å². The number of nitrogens with zero attached hydrogens (tertiary/aromatic N) is 2. The van der Waals surface area contributed by atoms with Gasteiger partial charge in [0.15, 0.2) is 0 Å². The maximum Gasteiger partial charge on any atom is 0.280 e. The first-order chi connectivity index (χ1) is 12.5.